The van der Waals surface area contributed by atoms with Crippen molar-refractivity contribution in [2.45, 2.75) is 92.1 Å². The van der Waals surface area contributed by atoms with Crippen molar-refractivity contribution in [1.82, 2.24) is 0 Å². The third-order valence-electron chi connectivity index (χ3n) is 3.44. The Bertz CT molecular complexity index is 228. The predicted octanol–water partition coefficient (Wildman–Crippen LogP) is 5.15. The lowest BCUT2D eigenvalue weighted by Crippen LogP contribution is -2.37. The largest absolute Gasteiger partial charge is 0.370 e. The summed E-state index contributed by atoms with van der Waals surface area (Å²) in [7, 11) is 0. The topological polar surface area (TPSA) is 26.3 Å². The van der Waals surface area contributed by atoms with Gasteiger partial charge in [-0.25, -0.2) is 0 Å². The molecular weight excluding hydrogens is 236 g/mol. The van der Waals surface area contributed by atoms with Crippen LogP contribution in [0.4, 0.5) is 0 Å². The molecule has 0 aliphatic heterocycles. The minimum atomic E-state index is -0.238. The summed E-state index contributed by atoms with van der Waals surface area (Å²) < 4.78 is 5.63. The summed E-state index contributed by atoms with van der Waals surface area (Å²) in [6.07, 6.45) is 9.19. The Balaban J connectivity index is 3.82. The highest BCUT2D eigenvalue weighted by Crippen LogP contribution is 2.24. The van der Waals surface area contributed by atoms with E-state index >= 15 is 0 Å². The summed E-state index contributed by atoms with van der Waals surface area (Å²) in [6, 6.07) is 0. The Morgan fingerprint density at radius 2 is 1.47 bits per heavy atom. The second-order valence-electron chi connectivity index (χ2n) is 6.54. The lowest BCUT2D eigenvalue weighted by atomic mass is 9.85. The van der Waals surface area contributed by atoms with Crippen LogP contribution in [0.15, 0.2) is 0 Å². The van der Waals surface area contributed by atoms with Crippen LogP contribution in [0.3, 0.4) is 0 Å². The predicted molar refractivity (Wildman–Crippen MR) is 82.5 cm³/mol. The van der Waals surface area contributed by atoms with Gasteiger partial charge in [-0.2, -0.15) is 0 Å². The summed E-state index contributed by atoms with van der Waals surface area (Å²) >= 11 is 0. The van der Waals surface area contributed by atoms with E-state index in [4.69, 9.17) is 4.74 Å². The summed E-state index contributed by atoms with van der Waals surface area (Å²) in [5.74, 6) is 0.280. The van der Waals surface area contributed by atoms with E-state index in [0.717, 1.165) is 6.42 Å². The molecule has 0 N–H and O–H groups in total. The van der Waals surface area contributed by atoms with Crippen LogP contribution in [-0.4, -0.2) is 18.5 Å². The number of unbranched alkanes of at least 4 members (excludes halogenated alkanes) is 6. The number of hydrogen-bond donors (Lipinski definition) is 0. The number of hydrogen-bond acceptors (Lipinski definition) is 2. The molecule has 0 aliphatic carbocycles. The molecule has 0 aromatic carbocycles. The molecule has 0 rings (SSSR count). The fourth-order valence-electron chi connectivity index (χ4n) is 2.38. The molecule has 0 spiro atoms. The van der Waals surface area contributed by atoms with E-state index in [1.54, 1.807) is 0 Å². The van der Waals surface area contributed by atoms with Crippen molar-refractivity contribution in [3.8, 4) is 0 Å². The normalized spacial score (nSPS) is 13.5. The standard InChI is InChI=1S/C17H34O2/c1-6-8-9-10-11-12-13-14-15(18)16(19-7-2)17(3,4)5/h16H,6-14H2,1-5H3. The minimum Gasteiger partial charge on any atom is -0.370 e. The fraction of sp³-hybridized carbons (Fsp3) is 0.941. The second kappa shape index (κ2) is 10.4. The van der Waals surface area contributed by atoms with Gasteiger partial charge in [-0.15, -0.1) is 0 Å². The van der Waals surface area contributed by atoms with Gasteiger partial charge < -0.3 is 4.74 Å². The maximum Gasteiger partial charge on any atom is 0.162 e. The van der Waals surface area contributed by atoms with Gasteiger partial charge in [-0.3, -0.25) is 4.79 Å². The maximum atomic E-state index is 12.2. The summed E-state index contributed by atoms with van der Waals surface area (Å²) in [5, 5.41) is 0. The molecule has 1 unspecified atom stereocenters. The molecule has 0 heterocycles. The van der Waals surface area contributed by atoms with E-state index in [1.165, 1.54) is 38.5 Å². The van der Waals surface area contributed by atoms with E-state index in [1.807, 2.05) is 6.92 Å². The first kappa shape index (κ1) is 18.6. The van der Waals surface area contributed by atoms with Crippen molar-refractivity contribution >= 4 is 5.78 Å². The van der Waals surface area contributed by atoms with Gasteiger partial charge in [0.15, 0.2) is 5.78 Å². The first-order valence-corrected chi connectivity index (χ1v) is 8.07. The van der Waals surface area contributed by atoms with Crippen molar-refractivity contribution in [1.29, 1.82) is 0 Å². The van der Waals surface area contributed by atoms with Gasteiger partial charge in [0.25, 0.3) is 0 Å². The fourth-order valence-corrected chi connectivity index (χ4v) is 2.38. The van der Waals surface area contributed by atoms with Crippen molar-refractivity contribution in [3.05, 3.63) is 0 Å². The van der Waals surface area contributed by atoms with Crippen LogP contribution >= 0.6 is 0 Å². The monoisotopic (exact) mass is 270 g/mol. The molecule has 2 nitrogen and oxygen atoms in total. The summed E-state index contributed by atoms with van der Waals surface area (Å²) in [6.45, 7) is 11.0. The SMILES string of the molecule is CCCCCCCCCC(=O)C(OCC)C(C)(C)C. The van der Waals surface area contributed by atoms with Gasteiger partial charge in [-0.05, 0) is 18.8 Å². The van der Waals surface area contributed by atoms with Gasteiger partial charge in [0, 0.05) is 13.0 Å². The average Bonchev–Trinajstić information content (AvgIpc) is 2.33. The van der Waals surface area contributed by atoms with E-state index in [2.05, 4.69) is 27.7 Å². The Hall–Kier alpha value is -0.370. The average molecular weight is 270 g/mol. The van der Waals surface area contributed by atoms with Crippen molar-refractivity contribution < 1.29 is 9.53 Å². The third kappa shape index (κ3) is 9.21. The molecule has 0 saturated heterocycles. The molecular formula is C17H34O2. The van der Waals surface area contributed by atoms with Crippen molar-refractivity contribution in [2.24, 2.45) is 5.41 Å². The third-order valence-corrected chi connectivity index (χ3v) is 3.44. The number of rotatable bonds is 11. The Kier molecular flexibility index (Phi) is 10.2. The molecule has 0 amide bonds. The quantitative estimate of drug-likeness (QED) is 0.485. The van der Waals surface area contributed by atoms with Crippen LogP contribution in [0.1, 0.15) is 86.0 Å². The maximum absolute atomic E-state index is 12.2. The zero-order valence-electron chi connectivity index (χ0n) is 13.8. The van der Waals surface area contributed by atoms with Crippen molar-refractivity contribution in [3.63, 3.8) is 0 Å². The first-order valence-electron chi connectivity index (χ1n) is 8.07. The molecule has 114 valence electrons. The van der Waals surface area contributed by atoms with Crippen LogP contribution in [0, 0.1) is 5.41 Å². The lowest BCUT2D eigenvalue weighted by molar-refractivity contribution is -0.137. The van der Waals surface area contributed by atoms with E-state index < -0.39 is 0 Å². The van der Waals surface area contributed by atoms with E-state index in [0.29, 0.717) is 13.0 Å². The van der Waals surface area contributed by atoms with E-state index in [9.17, 15) is 4.79 Å². The molecule has 19 heavy (non-hydrogen) atoms. The van der Waals surface area contributed by atoms with Crippen LogP contribution in [0.2, 0.25) is 0 Å². The smallest absolute Gasteiger partial charge is 0.162 e. The van der Waals surface area contributed by atoms with Crippen LogP contribution < -0.4 is 0 Å². The van der Waals surface area contributed by atoms with Gasteiger partial charge in [-0.1, -0.05) is 66.2 Å². The molecule has 2 heteroatoms. The van der Waals surface area contributed by atoms with Crippen molar-refractivity contribution in [2.75, 3.05) is 6.61 Å². The highest BCUT2D eigenvalue weighted by molar-refractivity contribution is 5.83. The van der Waals surface area contributed by atoms with E-state index in [-0.39, 0.29) is 17.3 Å². The van der Waals surface area contributed by atoms with Crippen LogP contribution in [0.5, 0.6) is 0 Å². The molecule has 1 atom stereocenters. The first-order chi connectivity index (χ1) is 8.93. The van der Waals surface area contributed by atoms with Gasteiger partial charge in [0.2, 0.25) is 0 Å². The molecule has 0 aliphatic rings. The van der Waals surface area contributed by atoms with Crippen LogP contribution in [0.25, 0.3) is 0 Å². The molecule has 0 fully saturated rings. The minimum absolute atomic E-state index is 0.0891. The number of carbonyl (C=O) groups excluding carboxylic acids is 1. The molecule has 0 aromatic rings. The number of Topliss-reactive ketones (excluding diaryl/α,β-unsaturated/α-hetero) is 1. The van der Waals surface area contributed by atoms with Gasteiger partial charge in [0.1, 0.15) is 6.10 Å². The van der Waals surface area contributed by atoms with Gasteiger partial charge >= 0.3 is 0 Å². The highest BCUT2D eigenvalue weighted by Gasteiger charge is 2.30. The zero-order valence-corrected chi connectivity index (χ0v) is 13.8. The second-order valence-corrected chi connectivity index (χ2v) is 6.54. The number of carbonyl (C=O) groups is 1. The molecule has 0 radical (unpaired) electrons. The highest BCUT2D eigenvalue weighted by atomic mass is 16.5. The zero-order chi connectivity index (χ0) is 14.7. The molecule has 0 saturated carbocycles. The number of ketones is 1. The summed E-state index contributed by atoms with van der Waals surface area (Å²) in [5.41, 5.74) is -0.0891. The number of ether oxygens (including phenoxy) is 1. The molecule has 0 bridgehead atoms. The summed E-state index contributed by atoms with van der Waals surface area (Å²) in [4.78, 5) is 12.2. The van der Waals surface area contributed by atoms with Crippen LogP contribution in [-0.2, 0) is 9.53 Å². The Labute approximate surface area is 120 Å². The lowest BCUT2D eigenvalue weighted by Gasteiger charge is -2.29. The Morgan fingerprint density at radius 1 is 0.947 bits per heavy atom. The molecule has 0 aromatic heterocycles. The Morgan fingerprint density at radius 3 is 1.95 bits per heavy atom. The van der Waals surface area contributed by atoms with Gasteiger partial charge in [0.05, 0.1) is 0 Å².